The second kappa shape index (κ2) is 7.95. The summed E-state index contributed by atoms with van der Waals surface area (Å²) in [7, 11) is 0. The van der Waals surface area contributed by atoms with E-state index in [1.165, 1.54) is 71.0 Å². The zero-order valence-corrected chi connectivity index (χ0v) is 19.0. The average molecular weight is 380 g/mol. The zero-order valence-electron chi connectivity index (χ0n) is 19.0. The summed E-state index contributed by atoms with van der Waals surface area (Å²) in [6.07, 6.45) is 10.7. The number of rotatable bonds is 6. The van der Waals surface area contributed by atoms with Gasteiger partial charge in [0.25, 0.3) is 0 Å². The molecule has 1 saturated heterocycles. The molecule has 0 unspecified atom stereocenters. The van der Waals surface area contributed by atoms with Crippen molar-refractivity contribution in [3.8, 4) is 0 Å². The van der Waals surface area contributed by atoms with Gasteiger partial charge in [0.1, 0.15) is 0 Å². The van der Waals surface area contributed by atoms with Gasteiger partial charge in [-0.25, -0.2) is 0 Å². The molecule has 4 rings (SSSR count). The van der Waals surface area contributed by atoms with E-state index in [1.54, 1.807) is 0 Å². The average Bonchev–Trinajstić information content (AvgIpc) is 2.59. The fourth-order valence-electron chi connectivity index (χ4n) is 5.72. The fourth-order valence-corrected chi connectivity index (χ4v) is 5.72. The first-order valence-electron chi connectivity index (χ1n) is 11.5. The Kier molecular flexibility index (Phi) is 6.36. The number of ether oxygens (including phenoxy) is 2. The van der Waals surface area contributed by atoms with Crippen molar-refractivity contribution in [1.82, 2.24) is 4.90 Å². The fraction of sp³-hybridized carbons (Fsp3) is 1.00. The van der Waals surface area contributed by atoms with E-state index in [1.807, 2.05) is 0 Å². The standard InChI is InChI=1S/C24H45NO2/c1-21(2,3)20-7-15-25(16-8-20)19-23-9-12-24(13-10-23,14-11-23)27-18-17-26-22(4,5)6/h20H,7-19H2,1-6H3. The van der Waals surface area contributed by atoms with Gasteiger partial charge >= 0.3 is 0 Å². The van der Waals surface area contributed by atoms with Crippen LogP contribution in [0.15, 0.2) is 0 Å². The molecule has 3 nitrogen and oxygen atoms in total. The highest BCUT2D eigenvalue weighted by Crippen LogP contribution is 2.54. The van der Waals surface area contributed by atoms with Crippen LogP contribution in [-0.2, 0) is 9.47 Å². The van der Waals surface area contributed by atoms with Crippen molar-refractivity contribution in [2.45, 2.75) is 104 Å². The highest BCUT2D eigenvalue weighted by molar-refractivity contribution is 5.02. The summed E-state index contributed by atoms with van der Waals surface area (Å²) in [5.41, 5.74) is 1.17. The Balaban J connectivity index is 1.42. The largest absolute Gasteiger partial charge is 0.373 e. The quantitative estimate of drug-likeness (QED) is 0.555. The molecule has 0 aromatic rings. The maximum Gasteiger partial charge on any atom is 0.0708 e. The number of hydrogen-bond donors (Lipinski definition) is 0. The van der Waals surface area contributed by atoms with Crippen LogP contribution in [0.5, 0.6) is 0 Å². The molecule has 0 aromatic heterocycles. The third kappa shape index (κ3) is 5.70. The first kappa shape index (κ1) is 21.6. The van der Waals surface area contributed by atoms with Crippen LogP contribution in [-0.4, -0.2) is 49.0 Å². The summed E-state index contributed by atoms with van der Waals surface area (Å²) >= 11 is 0. The monoisotopic (exact) mass is 379 g/mol. The summed E-state index contributed by atoms with van der Waals surface area (Å²) in [6.45, 7) is 19.0. The Labute approximate surface area is 168 Å². The van der Waals surface area contributed by atoms with Crippen LogP contribution < -0.4 is 0 Å². The zero-order chi connectivity index (χ0) is 19.8. The van der Waals surface area contributed by atoms with Gasteiger partial charge in [-0.3, -0.25) is 0 Å². The number of fused-ring (bicyclic) bond motifs is 3. The third-order valence-electron chi connectivity index (χ3n) is 7.73. The smallest absolute Gasteiger partial charge is 0.0708 e. The molecular formula is C24H45NO2. The van der Waals surface area contributed by atoms with Gasteiger partial charge in [-0.2, -0.15) is 0 Å². The second-order valence-corrected chi connectivity index (χ2v) is 11.9. The molecule has 27 heavy (non-hydrogen) atoms. The van der Waals surface area contributed by atoms with E-state index < -0.39 is 0 Å². The predicted octanol–water partition coefficient (Wildman–Crippen LogP) is 5.67. The van der Waals surface area contributed by atoms with E-state index in [4.69, 9.17) is 9.47 Å². The van der Waals surface area contributed by atoms with Crippen LogP contribution in [0.25, 0.3) is 0 Å². The number of hydrogen-bond acceptors (Lipinski definition) is 3. The molecule has 3 saturated carbocycles. The Bertz CT molecular complexity index is 455. The Morgan fingerprint density at radius 2 is 1.37 bits per heavy atom. The van der Waals surface area contributed by atoms with E-state index in [9.17, 15) is 0 Å². The van der Waals surface area contributed by atoms with Crippen molar-refractivity contribution in [2.75, 3.05) is 32.8 Å². The maximum absolute atomic E-state index is 6.40. The number of nitrogens with zero attached hydrogens (tertiary/aromatic N) is 1. The van der Waals surface area contributed by atoms with Crippen LogP contribution in [0.4, 0.5) is 0 Å². The van der Waals surface area contributed by atoms with Crippen molar-refractivity contribution in [3.63, 3.8) is 0 Å². The minimum atomic E-state index is -0.0598. The summed E-state index contributed by atoms with van der Waals surface area (Å²) in [6, 6.07) is 0. The van der Waals surface area contributed by atoms with Gasteiger partial charge in [0.15, 0.2) is 0 Å². The van der Waals surface area contributed by atoms with Crippen molar-refractivity contribution in [1.29, 1.82) is 0 Å². The van der Waals surface area contributed by atoms with Gasteiger partial charge in [-0.1, -0.05) is 20.8 Å². The highest BCUT2D eigenvalue weighted by atomic mass is 16.5. The maximum atomic E-state index is 6.40. The molecule has 3 aliphatic carbocycles. The normalized spacial score (nSPS) is 33.6. The highest BCUT2D eigenvalue weighted by Gasteiger charge is 2.50. The van der Waals surface area contributed by atoms with Crippen LogP contribution in [0.1, 0.15) is 92.9 Å². The molecule has 4 aliphatic rings. The third-order valence-corrected chi connectivity index (χ3v) is 7.73. The molecule has 158 valence electrons. The Morgan fingerprint density at radius 3 is 1.85 bits per heavy atom. The van der Waals surface area contributed by atoms with E-state index in [0.29, 0.717) is 10.8 Å². The Hall–Kier alpha value is -0.120. The molecule has 1 heterocycles. The van der Waals surface area contributed by atoms with Gasteiger partial charge in [-0.05, 0) is 102 Å². The summed E-state index contributed by atoms with van der Waals surface area (Å²) < 4.78 is 12.2. The van der Waals surface area contributed by atoms with Crippen molar-refractivity contribution >= 4 is 0 Å². The predicted molar refractivity (Wildman–Crippen MR) is 113 cm³/mol. The molecule has 4 fully saturated rings. The van der Waals surface area contributed by atoms with Crippen LogP contribution in [0, 0.1) is 16.7 Å². The summed E-state index contributed by atoms with van der Waals surface area (Å²) in [5, 5.41) is 0. The molecule has 3 heteroatoms. The van der Waals surface area contributed by atoms with Gasteiger partial charge in [0.2, 0.25) is 0 Å². The van der Waals surface area contributed by atoms with Gasteiger partial charge in [-0.15, -0.1) is 0 Å². The van der Waals surface area contributed by atoms with Crippen LogP contribution in [0.3, 0.4) is 0 Å². The lowest BCUT2D eigenvalue weighted by atomic mass is 9.58. The lowest BCUT2D eigenvalue weighted by Crippen LogP contribution is -2.53. The SMILES string of the molecule is CC(C)(C)OCCOC12CCC(CN3CCC(C(C)(C)C)CC3)(CC1)CC2. The van der Waals surface area contributed by atoms with Gasteiger partial charge in [0.05, 0.1) is 24.4 Å². The van der Waals surface area contributed by atoms with Crippen LogP contribution in [0.2, 0.25) is 0 Å². The van der Waals surface area contributed by atoms with Gasteiger partial charge < -0.3 is 14.4 Å². The lowest BCUT2D eigenvalue weighted by Gasteiger charge is -2.55. The molecule has 0 radical (unpaired) electrons. The summed E-state index contributed by atoms with van der Waals surface area (Å²) in [4.78, 5) is 2.79. The molecule has 0 atom stereocenters. The first-order valence-corrected chi connectivity index (χ1v) is 11.5. The molecule has 0 N–H and O–H groups in total. The Morgan fingerprint density at radius 1 is 0.815 bits per heavy atom. The molecule has 0 amide bonds. The molecule has 1 aliphatic heterocycles. The molecule has 0 aromatic carbocycles. The van der Waals surface area contributed by atoms with E-state index >= 15 is 0 Å². The number of piperidine rings is 1. The summed E-state index contributed by atoms with van der Waals surface area (Å²) in [5.74, 6) is 0.903. The lowest BCUT2D eigenvalue weighted by molar-refractivity contribution is -0.157. The molecule has 0 spiro atoms. The van der Waals surface area contributed by atoms with Crippen molar-refractivity contribution in [3.05, 3.63) is 0 Å². The topological polar surface area (TPSA) is 21.7 Å². The first-order chi connectivity index (χ1) is 12.5. The molecular weight excluding hydrogens is 334 g/mol. The van der Waals surface area contributed by atoms with Crippen molar-refractivity contribution < 1.29 is 9.47 Å². The van der Waals surface area contributed by atoms with E-state index in [2.05, 4.69) is 46.4 Å². The molecule has 2 bridgehead atoms. The minimum Gasteiger partial charge on any atom is -0.373 e. The van der Waals surface area contributed by atoms with Gasteiger partial charge in [0, 0.05) is 6.54 Å². The van der Waals surface area contributed by atoms with Crippen LogP contribution >= 0.6 is 0 Å². The van der Waals surface area contributed by atoms with E-state index in [-0.39, 0.29) is 11.2 Å². The van der Waals surface area contributed by atoms with Crippen molar-refractivity contribution in [2.24, 2.45) is 16.7 Å². The minimum absolute atomic E-state index is 0.0598. The second-order valence-electron chi connectivity index (χ2n) is 11.9. The van der Waals surface area contributed by atoms with E-state index in [0.717, 1.165) is 19.1 Å². The number of likely N-dealkylation sites (tertiary alicyclic amines) is 1.